The number of rotatable bonds is 6. The number of fused-ring (bicyclic) bond motifs is 2. The molecular formula is C25H26N4O2. The van der Waals surface area contributed by atoms with Crippen molar-refractivity contribution in [2.24, 2.45) is 5.92 Å². The monoisotopic (exact) mass is 414 g/mol. The molecule has 1 aromatic heterocycles. The summed E-state index contributed by atoms with van der Waals surface area (Å²) in [6, 6.07) is 20.1. The summed E-state index contributed by atoms with van der Waals surface area (Å²) in [7, 11) is 0. The van der Waals surface area contributed by atoms with Crippen molar-refractivity contribution in [3.8, 4) is 0 Å². The smallest absolute Gasteiger partial charge is 0.335 e. The minimum atomic E-state index is -0.935. The van der Waals surface area contributed by atoms with Gasteiger partial charge >= 0.3 is 5.97 Å². The zero-order valence-electron chi connectivity index (χ0n) is 17.3. The van der Waals surface area contributed by atoms with Crippen LogP contribution in [0.25, 0.3) is 21.8 Å². The first-order valence-electron chi connectivity index (χ1n) is 10.8. The van der Waals surface area contributed by atoms with Crippen LogP contribution < -0.4 is 5.32 Å². The molecular weight excluding hydrogens is 388 g/mol. The Labute approximate surface area is 180 Å². The molecule has 0 amide bonds. The number of carboxylic acid groups (broad SMARTS) is 1. The lowest BCUT2D eigenvalue weighted by Gasteiger charge is -2.32. The molecule has 4 aromatic rings. The molecule has 0 saturated carbocycles. The Morgan fingerprint density at radius 2 is 1.90 bits per heavy atom. The number of nitrogens with zero attached hydrogens (tertiary/aromatic N) is 2. The molecule has 1 aliphatic heterocycles. The van der Waals surface area contributed by atoms with Crippen LogP contribution in [0.5, 0.6) is 0 Å². The van der Waals surface area contributed by atoms with Crippen LogP contribution in [0.2, 0.25) is 0 Å². The van der Waals surface area contributed by atoms with E-state index in [1.165, 1.54) is 16.3 Å². The molecule has 6 heteroatoms. The molecule has 0 unspecified atom stereocenters. The number of anilines is 1. The number of aromatic nitrogens is 2. The highest BCUT2D eigenvalue weighted by Gasteiger charge is 2.20. The predicted molar refractivity (Wildman–Crippen MR) is 123 cm³/mol. The summed E-state index contributed by atoms with van der Waals surface area (Å²) < 4.78 is 0. The van der Waals surface area contributed by atoms with Gasteiger partial charge in [-0.25, -0.2) is 9.78 Å². The van der Waals surface area contributed by atoms with Crippen LogP contribution in [0.15, 0.2) is 60.7 Å². The number of carboxylic acids is 1. The van der Waals surface area contributed by atoms with Crippen LogP contribution in [0.3, 0.4) is 0 Å². The lowest BCUT2D eigenvalue weighted by Crippen LogP contribution is -2.35. The Kier molecular flexibility index (Phi) is 5.30. The molecule has 1 aliphatic rings. The number of nitrogens with one attached hydrogen (secondary N) is 2. The quantitative estimate of drug-likeness (QED) is 0.425. The van der Waals surface area contributed by atoms with Crippen molar-refractivity contribution in [2.45, 2.75) is 19.4 Å². The topological polar surface area (TPSA) is 81.2 Å². The lowest BCUT2D eigenvalue weighted by molar-refractivity contribution is 0.0697. The van der Waals surface area contributed by atoms with Crippen LogP contribution in [-0.2, 0) is 6.54 Å². The maximum absolute atomic E-state index is 11.1. The van der Waals surface area contributed by atoms with Gasteiger partial charge in [0, 0.05) is 13.1 Å². The number of likely N-dealkylation sites (tertiary alicyclic amines) is 1. The van der Waals surface area contributed by atoms with Crippen LogP contribution in [-0.4, -0.2) is 45.6 Å². The van der Waals surface area contributed by atoms with Gasteiger partial charge in [-0.15, -0.1) is 0 Å². The number of benzene rings is 3. The number of hydrogen-bond donors (Lipinski definition) is 3. The van der Waals surface area contributed by atoms with Crippen molar-refractivity contribution in [3.63, 3.8) is 0 Å². The molecule has 3 N–H and O–H groups in total. The summed E-state index contributed by atoms with van der Waals surface area (Å²) in [5.74, 6) is 0.372. The summed E-state index contributed by atoms with van der Waals surface area (Å²) in [6.07, 6.45) is 2.31. The fourth-order valence-electron chi connectivity index (χ4n) is 4.48. The van der Waals surface area contributed by atoms with Gasteiger partial charge in [0.2, 0.25) is 5.95 Å². The fraction of sp³-hybridized carbons (Fsp3) is 0.280. The first kappa shape index (κ1) is 19.6. The molecule has 0 spiro atoms. The van der Waals surface area contributed by atoms with Gasteiger partial charge in [-0.1, -0.05) is 42.5 Å². The highest BCUT2D eigenvalue weighted by molar-refractivity contribution is 5.92. The first-order chi connectivity index (χ1) is 15.2. The summed E-state index contributed by atoms with van der Waals surface area (Å²) in [4.78, 5) is 21.4. The third-order valence-electron chi connectivity index (χ3n) is 6.27. The normalized spacial score (nSPS) is 15.5. The van der Waals surface area contributed by atoms with Gasteiger partial charge < -0.3 is 15.4 Å². The van der Waals surface area contributed by atoms with Crippen molar-refractivity contribution in [2.75, 3.05) is 25.0 Å². The number of carbonyl (C=O) groups is 1. The van der Waals surface area contributed by atoms with Crippen molar-refractivity contribution >= 4 is 33.7 Å². The number of aromatic amines is 1. The molecule has 0 atom stereocenters. The van der Waals surface area contributed by atoms with Crippen LogP contribution >= 0.6 is 0 Å². The van der Waals surface area contributed by atoms with Crippen LogP contribution in [0, 0.1) is 5.92 Å². The predicted octanol–water partition coefficient (Wildman–Crippen LogP) is 4.74. The zero-order valence-corrected chi connectivity index (χ0v) is 17.3. The lowest BCUT2D eigenvalue weighted by atomic mass is 9.96. The minimum Gasteiger partial charge on any atom is -0.478 e. The molecule has 5 rings (SSSR count). The standard InChI is InChI=1S/C25H26N4O2/c30-24(31)19-8-9-22-23(14-19)28-25(27-22)26-15-17-10-12-29(13-11-17)16-20-6-3-5-18-4-1-2-7-21(18)20/h1-9,14,17H,10-13,15-16H2,(H,30,31)(H2,26,27,28). The molecule has 1 saturated heterocycles. The molecule has 158 valence electrons. The van der Waals surface area contributed by atoms with Gasteiger partial charge in [-0.05, 0) is 66.4 Å². The number of piperidine rings is 1. The van der Waals surface area contributed by atoms with Crippen LogP contribution in [0.4, 0.5) is 5.95 Å². The van der Waals surface area contributed by atoms with Crippen LogP contribution in [0.1, 0.15) is 28.8 Å². The van der Waals surface area contributed by atoms with Gasteiger partial charge in [0.15, 0.2) is 0 Å². The SMILES string of the molecule is O=C(O)c1ccc2[nH]c(NCC3CCN(Cc4cccc5ccccc45)CC3)nc2c1. The highest BCUT2D eigenvalue weighted by Crippen LogP contribution is 2.24. The Hall–Kier alpha value is -3.38. The Bertz CT molecular complexity index is 1220. The van der Waals surface area contributed by atoms with E-state index in [1.54, 1.807) is 18.2 Å². The first-order valence-corrected chi connectivity index (χ1v) is 10.8. The summed E-state index contributed by atoms with van der Waals surface area (Å²) >= 11 is 0. The maximum atomic E-state index is 11.1. The minimum absolute atomic E-state index is 0.254. The van der Waals surface area contributed by atoms with Crippen molar-refractivity contribution in [1.82, 2.24) is 14.9 Å². The average Bonchev–Trinajstić information content (AvgIpc) is 3.21. The third-order valence-corrected chi connectivity index (χ3v) is 6.27. The second-order valence-electron chi connectivity index (χ2n) is 8.36. The molecule has 2 heterocycles. The molecule has 0 aliphatic carbocycles. The summed E-state index contributed by atoms with van der Waals surface area (Å²) in [6.45, 7) is 4.06. The van der Waals surface area contributed by atoms with E-state index < -0.39 is 5.97 Å². The number of H-pyrrole nitrogens is 1. The van der Waals surface area contributed by atoms with E-state index in [2.05, 4.69) is 62.6 Å². The van der Waals surface area contributed by atoms with E-state index in [1.807, 2.05) is 0 Å². The Balaban J connectivity index is 1.16. The molecule has 0 radical (unpaired) electrons. The molecule has 31 heavy (non-hydrogen) atoms. The molecule has 3 aromatic carbocycles. The Morgan fingerprint density at radius 3 is 2.74 bits per heavy atom. The largest absolute Gasteiger partial charge is 0.478 e. The third kappa shape index (κ3) is 4.25. The van der Waals surface area contributed by atoms with E-state index in [0.29, 0.717) is 17.4 Å². The second-order valence-corrected chi connectivity index (χ2v) is 8.36. The number of aromatic carboxylic acids is 1. The van der Waals surface area contributed by atoms with Crippen molar-refractivity contribution < 1.29 is 9.90 Å². The fourth-order valence-corrected chi connectivity index (χ4v) is 4.48. The number of imidazole rings is 1. The van der Waals surface area contributed by atoms with Gasteiger partial charge in [0.1, 0.15) is 0 Å². The van der Waals surface area contributed by atoms with E-state index in [-0.39, 0.29) is 5.56 Å². The maximum Gasteiger partial charge on any atom is 0.335 e. The zero-order chi connectivity index (χ0) is 21.2. The average molecular weight is 415 g/mol. The molecule has 6 nitrogen and oxygen atoms in total. The van der Waals surface area contributed by atoms with E-state index in [9.17, 15) is 4.79 Å². The van der Waals surface area contributed by atoms with E-state index >= 15 is 0 Å². The molecule has 0 bridgehead atoms. The van der Waals surface area contributed by atoms with Gasteiger partial charge in [-0.3, -0.25) is 4.90 Å². The summed E-state index contributed by atoms with van der Waals surface area (Å²) in [5.41, 5.74) is 3.17. The summed E-state index contributed by atoms with van der Waals surface area (Å²) in [5, 5.41) is 15.2. The molecule has 1 fully saturated rings. The van der Waals surface area contributed by atoms with Gasteiger partial charge in [0.05, 0.1) is 16.6 Å². The van der Waals surface area contributed by atoms with Crippen molar-refractivity contribution in [1.29, 1.82) is 0 Å². The van der Waals surface area contributed by atoms with Gasteiger partial charge in [0.25, 0.3) is 0 Å². The number of hydrogen-bond acceptors (Lipinski definition) is 4. The second kappa shape index (κ2) is 8.40. The van der Waals surface area contributed by atoms with Crippen molar-refractivity contribution in [3.05, 3.63) is 71.8 Å². The Morgan fingerprint density at radius 1 is 1.10 bits per heavy atom. The van der Waals surface area contributed by atoms with Gasteiger partial charge in [-0.2, -0.15) is 0 Å². The highest BCUT2D eigenvalue weighted by atomic mass is 16.4. The van der Waals surface area contributed by atoms with E-state index in [4.69, 9.17) is 5.11 Å². The van der Waals surface area contributed by atoms with E-state index in [0.717, 1.165) is 44.5 Å².